The summed E-state index contributed by atoms with van der Waals surface area (Å²) in [5.41, 5.74) is 2.39. The van der Waals surface area contributed by atoms with Crippen LogP contribution in [0.4, 0.5) is 4.39 Å². The third-order valence-corrected chi connectivity index (χ3v) is 8.27. The number of carbonyl (C=O) groups is 1. The average molecular weight is 483 g/mol. The Morgan fingerprint density at radius 2 is 2.00 bits per heavy atom. The highest BCUT2D eigenvalue weighted by Gasteiger charge is 2.32. The van der Waals surface area contributed by atoms with E-state index in [2.05, 4.69) is 15.4 Å². The molecule has 1 amide bonds. The van der Waals surface area contributed by atoms with Crippen LogP contribution in [0.5, 0.6) is 0 Å². The van der Waals surface area contributed by atoms with Crippen LogP contribution in [-0.4, -0.2) is 44.5 Å². The minimum Gasteiger partial charge on any atom is -0.347 e. The molecule has 9 nitrogen and oxygen atoms in total. The van der Waals surface area contributed by atoms with E-state index in [1.165, 1.54) is 21.0 Å². The van der Waals surface area contributed by atoms with E-state index in [1.54, 1.807) is 55.3 Å². The van der Waals surface area contributed by atoms with Gasteiger partial charge in [0, 0.05) is 49.2 Å². The number of benzene rings is 1. The second kappa shape index (κ2) is 8.33. The lowest BCUT2D eigenvalue weighted by Crippen LogP contribution is -2.38. The lowest BCUT2D eigenvalue weighted by Gasteiger charge is -2.26. The molecule has 0 bridgehead atoms. The van der Waals surface area contributed by atoms with E-state index in [0.29, 0.717) is 35.2 Å². The van der Waals surface area contributed by atoms with Gasteiger partial charge in [-0.2, -0.15) is 9.40 Å². The fourth-order valence-corrected chi connectivity index (χ4v) is 5.96. The van der Waals surface area contributed by atoms with Crippen molar-refractivity contribution in [1.29, 1.82) is 0 Å². The molecule has 11 heteroatoms. The molecule has 0 aliphatic carbocycles. The van der Waals surface area contributed by atoms with Crippen molar-refractivity contribution in [2.24, 2.45) is 7.05 Å². The quantitative estimate of drug-likeness (QED) is 0.471. The van der Waals surface area contributed by atoms with Gasteiger partial charge in [0.25, 0.3) is 5.91 Å². The molecule has 1 aliphatic heterocycles. The predicted octanol–water partition coefficient (Wildman–Crippen LogP) is 2.35. The van der Waals surface area contributed by atoms with Gasteiger partial charge in [0.15, 0.2) is 0 Å². The zero-order valence-electron chi connectivity index (χ0n) is 18.7. The van der Waals surface area contributed by atoms with Crippen LogP contribution < -0.4 is 5.32 Å². The molecule has 1 aromatic carbocycles. The van der Waals surface area contributed by atoms with Crippen LogP contribution in [0.25, 0.3) is 10.9 Å². The highest BCUT2D eigenvalue weighted by atomic mass is 32.2. The molecule has 3 aromatic heterocycles. The van der Waals surface area contributed by atoms with Crippen molar-refractivity contribution < 1.29 is 17.6 Å². The number of halogens is 1. The first-order valence-electron chi connectivity index (χ1n) is 10.7. The summed E-state index contributed by atoms with van der Waals surface area (Å²) in [6, 6.07) is 9.53. The summed E-state index contributed by atoms with van der Waals surface area (Å²) < 4.78 is 46.0. The van der Waals surface area contributed by atoms with Crippen LogP contribution >= 0.6 is 0 Å². The molecule has 0 saturated carbocycles. The molecule has 176 valence electrons. The van der Waals surface area contributed by atoms with Crippen molar-refractivity contribution in [2.75, 3.05) is 6.54 Å². The molecule has 0 unspecified atom stereocenters. The van der Waals surface area contributed by atoms with Crippen molar-refractivity contribution in [3.8, 4) is 0 Å². The van der Waals surface area contributed by atoms with Crippen molar-refractivity contribution in [3.05, 3.63) is 77.3 Å². The largest absolute Gasteiger partial charge is 0.347 e. The Hall–Kier alpha value is -3.57. The second-order valence-corrected chi connectivity index (χ2v) is 10.1. The molecular weight excluding hydrogens is 459 g/mol. The van der Waals surface area contributed by atoms with Gasteiger partial charge >= 0.3 is 0 Å². The molecule has 1 aliphatic rings. The number of sulfonamides is 1. The fourth-order valence-electron chi connectivity index (χ4n) is 4.28. The predicted molar refractivity (Wildman–Crippen MR) is 123 cm³/mol. The Labute approximate surface area is 195 Å². The number of nitrogens with one attached hydrogen (secondary N) is 1. The van der Waals surface area contributed by atoms with Crippen LogP contribution in [0.2, 0.25) is 0 Å². The zero-order chi connectivity index (χ0) is 24.0. The Morgan fingerprint density at radius 3 is 2.82 bits per heavy atom. The maximum Gasteiger partial charge on any atom is 0.268 e. The van der Waals surface area contributed by atoms with Crippen LogP contribution in [0.3, 0.4) is 0 Å². The number of hydrogen-bond acceptors (Lipinski definition) is 5. The number of nitrogens with zero attached hydrogens (tertiary/aromatic N) is 5. The van der Waals surface area contributed by atoms with E-state index in [1.807, 2.05) is 0 Å². The minimum absolute atomic E-state index is 0.0594. The first-order valence-corrected chi connectivity index (χ1v) is 12.2. The number of carbonyl (C=O) groups excluding carboxylic acids is 1. The van der Waals surface area contributed by atoms with Gasteiger partial charge < -0.3 is 9.88 Å². The first-order chi connectivity index (χ1) is 16.3. The molecule has 1 N–H and O–H groups in total. The summed E-state index contributed by atoms with van der Waals surface area (Å²) in [7, 11) is -2.19. The molecule has 5 rings (SSSR count). The van der Waals surface area contributed by atoms with E-state index in [4.69, 9.17) is 0 Å². The van der Waals surface area contributed by atoms with E-state index in [-0.39, 0.29) is 23.7 Å². The van der Waals surface area contributed by atoms with Gasteiger partial charge in [-0.05, 0) is 37.3 Å². The molecule has 4 heterocycles. The Kier molecular flexibility index (Phi) is 5.45. The minimum atomic E-state index is -3.83. The number of amides is 1. The van der Waals surface area contributed by atoms with Crippen LogP contribution in [0, 0.1) is 12.7 Å². The molecule has 34 heavy (non-hydrogen) atoms. The number of hydrogen-bond donors (Lipinski definition) is 1. The standard InChI is InChI=1S/C23H23FN6O3S/c1-15-22(34(32,33)29-10-11-30-16(14-29)7-9-27-30)12-21(28(15)2)23(31)26-13-18-17-4-3-8-25-20(17)6-5-19(18)24/h3-9,12H,10-11,13-14H2,1-2H3,(H,26,31). The Balaban J connectivity index is 1.40. The van der Waals surface area contributed by atoms with Crippen molar-refractivity contribution in [3.63, 3.8) is 0 Å². The highest BCUT2D eigenvalue weighted by molar-refractivity contribution is 7.89. The topological polar surface area (TPSA) is 102 Å². The van der Waals surface area contributed by atoms with Gasteiger partial charge in [-0.3, -0.25) is 14.5 Å². The molecule has 4 aromatic rings. The number of fused-ring (bicyclic) bond motifs is 2. The third-order valence-electron chi connectivity index (χ3n) is 6.31. The normalized spacial score (nSPS) is 14.3. The SMILES string of the molecule is Cc1c(S(=O)(=O)N2CCn3nccc3C2)cc(C(=O)NCc2c(F)ccc3ncccc23)n1C. The van der Waals surface area contributed by atoms with E-state index in [9.17, 15) is 17.6 Å². The highest BCUT2D eigenvalue weighted by Crippen LogP contribution is 2.27. The van der Waals surface area contributed by atoms with Gasteiger partial charge in [0.05, 0.1) is 24.3 Å². The van der Waals surface area contributed by atoms with E-state index >= 15 is 0 Å². The summed E-state index contributed by atoms with van der Waals surface area (Å²) in [4.78, 5) is 17.3. The van der Waals surface area contributed by atoms with Gasteiger partial charge in [0.2, 0.25) is 10.0 Å². The van der Waals surface area contributed by atoms with Crippen LogP contribution in [0.15, 0.2) is 53.7 Å². The third kappa shape index (κ3) is 3.66. The van der Waals surface area contributed by atoms with Crippen molar-refractivity contribution in [1.82, 2.24) is 29.0 Å². The number of pyridine rings is 1. The molecule has 0 atom stereocenters. The summed E-state index contributed by atoms with van der Waals surface area (Å²) >= 11 is 0. The summed E-state index contributed by atoms with van der Waals surface area (Å²) in [6.07, 6.45) is 3.27. The van der Waals surface area contributed by atoms with Crippen LogP contribution in [-0.2, 0) is 36.7 Å². The summed E-state index contributed by atoms with van der Waals surface area (Å²) in [5, 5.41) is 7.52. The lowest BCUT2D eigenvalue weighted by molar-refractivity contribution is 0.0942. The van der Waals surface area contributed by atoms with Gasteiger partial charge in [-0.25, -0.2) is 12.8 Å². The lowest BCUT2D eigenvalue weighted by atomic mass is 10.1. The summed E-state index contributed by atoms with van der Waals surface area (Å²) in [5.74, 6) is -0.944. The second-order valence-electron chi connectivity index (χ2n) is 8.20. The maximum atomic E-state index is 14.5. The Morgan fingerprint density at radius 1 is 1.18 bits per heavy atom. The smallest absolute Gasteiger partial charge is 0.268 e. The maximum absolute atomic E-state index is 14.5. The monoisotopic (exact) mass is 482 g/mol. The fraction of sp³-hybridized carbons (Fsp3) is 0.261. The van der Waals surface area contributed by atoms with E-state index in [0.717, 1.165) is 5.69 Å². The number of rotatable bonds is 5. The summed E-state index contributed by atoms with van der Waals surface area (Å²) in [6.45, 7) is 2.57. The zero-order valence-corrected chi connectivity index (χ0v) is 19.5. The first kappa shape index (κ1) is 22.2. The van der Waals surface area contributed by atoms with Crippen LogP contribution in [0.1, 0.15) is 27.4 Å². The van der Waals surface area contributed by atoms with Crippen molar-refractivity contribution >= 4 is 26.8 Å². The molecule has 0 radical (unpaired) electrons. The molecule has 0 spiro atoms. The molecular formula is C23H23FN6O3S. The Bertz CT molecular complexity index is 1520. The molecule has 0 saturated heterocycles. The average Bonchev–Trinajstić information content (AvgIpc) is 3.42. The van der Waals surface area contributed by atoms with Gasteiger partial charge in [-0.1, -0.05) is 6.07 Å². The van der Waals surface area contributed by atoms with Gasteiger partial charge in [-0.15, -0.1) is 0 Å². The van der Waals surface area contributed by atoms with Gasteiger partial charge in [0.1, 0.15) is 16.4 Å². The van der Waals surface area contributed by atoms with Crippen molar-refractivity contribution in [2.45, 2.75) is 31.5 Å². The molecule has 0 fully saturated rings. The van der Waals surface area contributed by atoms with E-state index < -0.39 is 21.7 Å². The number of aromatic nitrogens is 4.